The number of fused-ring (bicyclic) bond motifs is 1. The number of imidazole rings is 1. The number of amides is 1. The van der Waals surface area contributed by atoms with Crippen molar-refractivity contribution in [2.24, 2.45) is 7.05 Å². The van der Waals surface area contributed by atoms with E-state index in [4.69, 9.17) is 0 Å². The molecule has 0 atom stereocenters. The van der Waals surface area contributed by atoms with Gasteiger partial charge < -0.3 is 9.88 Å². The molecule has 0 aliphatic rings. The topological polar surface area (TPSA) is 59.8 Å². The van der Waals surface area contributed by atoms with E-state index in [-0.39, 0.29) is 5.91 Å². The molecule has 4 rings (SSSR count). The van der Waals surface area contributed by atoms with Gasteiger partial charge in [-0.3, -0.25) is 4.79 Å². The summed E-state index contributed by atoms with van der Waals surface area (Å²) in [6.07, 6.45) is 3.80. The number of aryl methyl sites for hydroxylation is 1. The van der Waals surface area contributed by atoms with Crippen molar-refractivity contribution < 1.29 is 4.79 Å². The number of nitrogens with one attached hydrogen (secondary N) is 1. The van der Waals surface area contributed by atoms with Gasteiger partial charge in [0.15, 0.2) is 5.65 Å². The summed E-state index contributed by atoms with van der Waals surface area (Å²) in [6, 6.07) is 19.5. The quantitative estimate of drug-likeness (QED) is 0.518. The molecule has 0 saturated carbocycles. The summed E-state index contributed by atoms with van der Waals surface area (Å²) < 4.78 is 1.94. The fourth-order valence-electron chi connectivity index (χ4n) is 3.11. The predicted octanol–water partition coefficient (Wildman–Crippen LogP) is 4.29. The molecule has 28 heavy (non-hydrogen) atoms. The zero-order chi connectivity index (χ0) is 19.5. The number of hydrogen-bond donors (Lipinski definition) is 1. The third-order valence-electron chi connectivity index (χ3n) is 4.62. The van der Waals surface area contributed by atoms with Gasteiger partial charge in [-0.2, -0.15) is 0 Å². The summed E-state index contributed by atoms with van der Waals surface area (Å²) in [6.45, 7) is 0.494. The molecular weight excluding hydrogens is 368 g/mol. The zero-order valence-electron chi connectivity index (χ0n) is 15.7. The van der Waals surface area contributed by atoms with Gasteiger partial charge in [-0.15, -0.1) is 11.8 Å². The van der Waals surface area contributed by atoms with Crippen LogP contribution in [0.5, 0.6) is 0 Å². The second-order valence-corrected chi connectivity index (χ2v) is 7.33. The molecule has 0 unspecified atom stereocenters. The number of hydrogen-bond acceptors (Lipinski definition) is 4. The number of aromatic nitrogens is 3. The van der Waals surface area contributed by atoms with Crippen molar-refractivity contribution in [3.8, 4) is 11.4 Å². The predicted molar refractivity (Wildman–Crippen MR) is 113 cm³/mol. The first kappa shape index (κ1) is 18.3. The SMILES string of the molecule is CSc1ccc(CNC(=O)c2cccc(-c3nc4cccnc4n3C)c2)cc1. The van der Waals surface area contributed by atoms with E-state index in [0.29, 0.717) is 12.1 Å². The van der Waals surface area contributed by atoms with Crippen molar-refractivity contribution in [2.75, 3.05) is 6.26 Å². The molecule has 2 heterocycles. The molecule has 0 bridgehead atoms. The van der Waals surface area contributed by atoms with Gasteiger partial charge in [0.1, 0.15) is 11.3 Å². The first-order chi connectivity index (χ1) is 13.7. The maximum absolute atomic E-state index is 12.6. The highest BCUT2D eigenvalue weighted by atomic mass is 32.2. The number of carbonyl (C=O) groups is 1. The zero-order valence-corrected chi connectivity index (χ0v) is 16.5. The Hall–Kier alpha value is -3.12. The van der Waals surface area contributed by atoms with E-state index in [0.717, 1.165) is 28.1 Å². The standard InChI is InChI=1S/C22H20N4OS/c1-26-20(25-19-7-4-12-23-21(19)26)16-5-3-6-17(13-16)22(27)24-14-15-8-10-18(28-2)11-9-15/h3-13H,14H2,1-2H3,(H,24,27). The maximum atomic E-state index is 12.6. The van der Waals surface area contributed by atoms with Crippen LogP contribution in [-0.4, -0.2) is 26.7 Å². The van der Waals surface area contributed by atoms with E-state index in [1.54, 1.807) is 18.0 Å². The maximum Gasteiger partial charge on any atom is 0.251 e. The van der Waals surface area contributed by atoms with Crippen LogP contribution in [0.15, 0.2) is 71.8 Å². The number of rotatable bonds is 5. The average molecular weight is 388 g/mol. The van der Waals surface area contributed by atoms with Crippen LogP contribution in [-0.2, 0) is 13.6 Å². The lowest BCUT2D eigenvalue weighted by Gasteiger charge is -2.08. The lowest BCUT2D eigenvalue weighted by Crippen LogP contribution is -2.22. The lowest BCUT2D eigenvalue weighted by molar-refractivity contribution is 0.0951. The molecule has 2 aromatic carbocycles. The summed E-state index contributed by atoms with van der Waals surface area (Å²) >= 11 is 1.70. The van der Waals surface area contributed by atoms with E-state index in [9.17, 15) is 4.79 Å². The first-order valence-corrected chi connectivity index (χ1v) is 10.2. The van der Waals surface area contributed by atoms with Crippen LogP contribution in [0.25, 0.3) is 22.6 Å². The Morgan fingerprint density at radius 1 is 1.11 bits per heavy atom. The fraction of sp³-hybridized carbons (Fsp3) is 0.136. The number of pyridine rings is 1. The van der Waals surface area contributed by atoms with Gasteiger partial charge >= 0.3 is 0 Å². The van der Waals surface area contributed by atoms with Gasteiger partial charge in [0.25, 0.3) is 5.91 Å². The van der Waals surface area contributed by atoms with Crippen LogP contribution >= 0.6 is 11.8 Å². The number of thioether (sulfide) groups is 1. The lowest BCUT2D eigenvalue weighted by atomic mass is 10.1. The van der Waals surface area contributed by atoms with Crippen molar-refractivity contribution in [2.45, 2.75) is 11.4 Å². The van der Waals surface area contributed by atoms with Crippen LogP contribution in [0.4, 0.5) is 0 Å². The normalized spacial score (nSPS) is 10.9. The third kappa shape index (κ3) is 3.64. The third-order valence-corrected chi connectivity index (χ3v) is 5.37. The average Bonchev–Trinajstić information content (AvgIpc) is 3.09. The number of nitrogens with zero attached hydrogens (tertiary/aromatic N) is 3. The van der Waals surface area contributed by atoms with E-state index in [1.165, 1.54) is 4.90 Å². The van der Waals surface area contributed by atoms with Gasteiger partial charge in [0.2, 0.25) is 0 Å². The van der Waals surface area contributed by atoms with E-state index < -0.39 is 0 Å². The van der Waals surface area contributed by atoms with Crippen LogP contribution in [0.1, 0.15) is 15.9 Å². The minimum absolute atomic E-state index is 0.104. The van der Waals surface area contributed by atoms with Gasteiger partial charge in [-0.25, -0.2) is 9.97 Å². The van der Waals surface area contributed by atoms with Crippen molar-refractivity contribution in [3.05, 3.63) is 78.0 Å². The summed E-state index contributed by atoms with van der Waals surface area (Å²) in [5.41, 5.74) is 4.23. The summed E-state index contributed by atoms with van der Waals surface area (Å²) in [5, 5.41) is 2.99. The Kier molecular flexibility index (Phi) is 5.12. The molecule has 0 radical (unpaired) electrons. The Balaban J connectivity index is 1.54. The molecule has 0 fully saturated rings. The molecule has 5 nitrogen and oxygen atoms in total. The van der Waals surface area contributed by atoms with Gasteiger partial charge in [0, 0.05) is 35.8 Å². The fourth-order valence-corrected chi connectivity index (χ4v) is 3.52. The number of carbonyl (C=O) groups excluding carboxylic acids is 1. The highest BCUT2D eigenvalue weighted by molar-refractivity contribution is 7.98. The Bertz CT molecular complexity index is 1130. The molecule has 1 amide bonds. The summed E-state index contributed by atoms with van der Waals surface area (Å²) in [5.74, 6) is 0.684. The minimum Gasteiger partial charge on any atom is -0.348 e. The Morgan fingerprint density at radius 2 is 1.93 bits per heavy atom. The first-order valence-electron chi connectivity index (χ1n) is 8.95. The van der Waals surface area contributed by atoms with Crippen molar-refractivity contribution in [1.82, 2.24) is 19.9 Å². The van der Waals surface area contributed by atoms with Crippen LogP contribution in [0, 0.1) is 0 Å². The second kappa shape index (κ2) is 7.86. The van der Waals surface area contributed by atoms with Crippen LogP contribution < -0.4 is 5.32 Å². The van der Waals surface area contributed by atoms with Crippen molar-refractivity contribution in [1.29, 1.82) is 0 Å². The van der Waals surface area contributed by atoms with Crippen LogP contribution in [0.2, 0.25) is 0 Å². The van der Waals surface area contributed by atoms with Gasteiger partial charge in [-0.1, -0.05) is 24.3 Å². The van der Waals surface area contributed by atoms with Gasteiger partial charge in [-0.05, 0) is 48.2 Å². The van der Waals surface area contributed by atoms with Crippen LogP contribution in [0.3, 0.4) is 0 Å². The molecule has 6 heteroatoms. The van der Waals surface area contributed by atoms with E-state index in [2.05, 4.69) is 27.4 Å². The molecule has 4 aromatic rings. The molecule has 0 aliphatic heterocycles. The molecule has 0 spiro atoms. The number of benzene rings is 2. The molecule has 0 aliphatic carbocycles. The second-order valence-electron chi connectivity index (χ2n) is 6.45. The molecule has 2 aromatic heterocycles. The summed E-state index contributed by atoms with van der Waals surface area (Å²) in [7, 11) is 1.93. The minimum atomic E-state index is -0.104. The van der Waals surface area contributed by atoms with E-state index >= 15 is 0 Å². The summed E-state index contributed by atoms with van der Waals surface area (Å²) in [4.78, 5) is 22.9. The highest BCUT2D eigenvalue weighted by Crippen LogP contribution is 2.23. The molecule has 140 valence electrons. The Morgan fingerprint density at radius 3 is 2.68 bits per heavy atom. The van der Waals surface area contributed by atoms with Gasteiger partial charge in [0.05, 0.1) is 0 Å². The van der Waals surface area contributed by atoms with Crippen molar-refractivity contribution in [3.63, 3.8) is 0 Å². The molecule has 0 saturated heterocycles. The Labute approximate surface area is 167 Å². The smallest absolute Gasteiger partial charge is 0.251 e. The highest BCUT2D eigenvalue weighted by Gasteiger charge is 2.13. The van der Waals surface area contributed by atoms with E-state index in [1.807, 2.05) is 66.4 Å². The molecular formula is C22H20N4OS. The molecule has 1 N–H and O–H groups in total. The monoisotopic (exact) mass is 388 g/mol. The van der Waals surface area contributed by atoms with Crippen molar-refractivity contribution >= 4 is 28.8 Å². The largest absolute Gasteiger partial charge is 0.348 e.